The Morgan fingerprint density at radius 2 is 1.90 bits per heavy atom. The third-order valence-corrected chi connectivity index (χ3v) is 4.15. The maximum absolute atomic E-state index is 11.9. The van der Waals surface area contributed by atoms with Gasteiger partial charge in [-0.1, -0.05) is 0 Å². The Bertz CT molecular complexity index is 560. The summed E-state index contributed by atoms with van der Waals surface area (Å²) in [4.78, 5) is 24.8. The summed E-state index contributed by atoms with van der Waals surface area (Å²) >= 11 is 0. The number of benzene rings is 1. The molecule has 1 aliphatic carbocycles. The highest BCUT2D eigenvalue weighted by atomic mass is 16.3. The fourth-order valence-electron chi connectivity index (χ4n) is 2.84. The molecule has 0 spiro atoms. The number of rotatable bonds is 5. The standard InChI is InChI=1S/C15H19N3O3/c16-14(20)10-1-5-12(6-2-10)17-13(19)7-18-8-15(21,9-18)11-3-4-11/h1-2,5-6,11,21H,3-4,7-9H2,(H2,16,20)(H,17,19). The van der Waals surface area contributed by atoms with Gasteiger partial charge in [-0.15, -0.1) is 0 Å². The Kier molecular flexibility index (Phi) is 3.43. The van der Waals surface area contributed by atoms with E-state index in [0.29, 0.717) is 30.3 Å². The SMILES string of the molecule is NC(=O)c1ccc(NC(=O)CN2CC(O)(C3CC3)C2)cc1. The summed E-state index contributed by atoms with van der Waals surface area (Å²) < 4.78 is 0. The number of carbonyl (C=O) groups is 2. The van der Waals surface area contributed by atoms with Crippen molar-refractivity contribution < 1.29 is 14.7 Å². The molecule has 2 fully saturated rings. The van der Waals surface area contributed by atoms with E-state index in [1.165, 1.54) is 0 Å². The second-order valence-electron chi connectivity index (χ2n) is 6.01. The van der Waals surface area contributed by atoms with E-state index >= 15 is 0 Å². The van der Waals surface area contributed by atoms with E-state index < -0.39 is 11.5 Å². The largest absolute Gasteiger partial charge is 0.387 e. The van der Waals surface area contributed by atoms with Gasteiger partial charge >= 0.3 is 0 Å². The maximum Gasteiger partial charge on any atom is 0.248 e. The highest BCUT2D eigenvalue weighted by Crippen LogP contribution is 2.44. The molecule has 21 heavy (non-hydrogen) atoms. The number of likely N-dealkylation sites (tertiary alicyclic amines) is 1. The van der Waals surface area contributed by atoms with Crippen LogP contribution in [0.2, 0.25) is 0 Å². The van der Waals surface area contributed by atoms with Crippen LogP contribution in [0, 0.1) is 5.92 Å². The van der Waals surface area contributed by atoms with Crippen LogP contribution in [0.1, 0.15) is 23.2 Å². The van der Waals surface area contributed by atoms with Gasteiger partial charge in [0.25, 0.3) is 0 Å². The van der Waals surface area contributed by atoms with Crippen LogP contribution in [0.15, 0.2) is 24.3 Å². The van der Waals surface area contributed by atoms with E-state index in [9.17, 15) is 14.7 Å². The molecule has 112 valence electrons. The zero-order chi connectivity index (χ0) is 15.0. The number of nitrogens with one attached hydrogen (secondary N) is 1. The summed E-state index contributed by atoms with van der Waals surface area (Å²) in [5.74, 6) is -0.189. The van der Waals surface area contributed by atoms with Crippen molar-refractivity contribution in [2.24, 2.45) is 11.7 Å². The molecular weight excluding hydrogens is 270 g/mol. The highest BCUT2D eigenvalue weighted by Gasteiger charge is 2.51. The van der Waals surface area contributed by atoms with Gasteiger partial charge in [0.15, 0.2) is 0 Å². The average molecular weight is 289 g/mol. The summed E-state index contributed by atoms with van der Waals surface area (Å²) in [5.41, 5.74) is 5.62. The molecule has 4 N–H and O–H groups in total. The fourth-order valence-corrected chi connectivity index (χ4v) is 2.84. The first-order valence-electron chi connectivity index (χ1n) is 7.11. The van der Waals surface area contributed by atoms with E-state index in [1.54, 1.807) is 24.3 Å². The molecule has 2 amide bonds. The Morgan fingerprint density at radius 3 is 2.43 bits per heavy atom. The van der Waals surface area contributed by atoms with Gasteiger partial charge in [0.05, 0.1) is 12.1 Å². The predicted molar refractivity (Wildman–Crippen MR) is 77.7 cm³/mol. The van der Waals surface area contributed by atoms with Gasteiger partial charge in [-0.3, -0.25) is 14.5 Å². The first-order valence-corrected chi connectivity index (χ1v) is 7.11. The van der Waals surface area contributed by atoms with E-state index in [-0.39, 0.29) is 12.5 Å². The van der Waals surface area contributed by atoms with Crippen LogP contribution < -0.4 is 11.1 Å². The molecule has 6 nitrogen and oxygen atoms in total. The number of hydrogen-bond donors (Lipinski definition) is 3. The van der Waals surface area contributed by atoms with Gasteiger partial charge in [0.2, 0.25) is 11.8 Å². The highest BCUT2D eigenvalue weighted by molar-refractivity contribution is 5.95. The van der Waals surface area contributed by atoms with Gasteiger partial charge in [-0.25, -0.2) is 0 Å². The minimum absolute atomic E-state index is 0.125. The quantitative estimate of drug-likeness (QED) is 0.720. The molecule has 1 aromatic rings. The van der Waals surface area contributed by atoms with Crippen molar-refractivity contribution in [3.63, 3.8) is 0 Å². The van der Waals surface area contributed by atoms with Crippen LogP contribution >= 0.6 is 0 Å². The zero-order valence-electron chi connectivity index (χ0n) is 11.7. The van der Waals surface area contributed by atoms with Gasteiger partial charge < -0.3 is 16.2 Å². The lowest BCUT2D eigenvalue weighted by Gasteiger charge is -2.46. The lowest BCUT2D eigenvalue weighted by Crippen LogP contribution is -2.64. The second-order valence-corrected chi connectivity index (χ2v) is 6.01. The smallest absolute Gasteiger partial charge is 0.248 e. The molecule has 1 aromatic carbocycles. The summed E-state index contributed by atoms with van der Waals surface area (Å²) in [6.07, 6.45) is 2.20. The molecular formula is C15H19N3O3. The summed E-state index contributed by atoms with van der Waals surface area (Å²) in [5, 5.41) is 13.0. The van der Waals surface area contributed by atoms with E-state index in [4.69, 9.17) is 5.73 Å². The number of primary amides is 1. The molecule has 3 rings (SSSR count). The monoisotopic (exact) mass is 289 g/mol. The Hall–Kier alpha value is -1.92. The van der Waals surface area contributed by atoms with Gasteiger partial charge in [-0.2, -0.15) is 0 Å². The maximum atomic E-state index is 11.9. The van der Waals surface area contributed by atoms with E-state index in [2.05, 4.69) is 5.32 Å². The van der Waals surface area contributed by atoms with Crippen LogP contribution in [-0.4, -0.2) is 47.1 Å². The number of hydrogen-bond acceptors (Lipinski definition) is 4. The van der Waals surface area contributed by atoms with Crippen molar-refractivity contribution in [2.75, 3.05) is 25.0 Å². The average Bonchev–Trinajstić information content (AvgIpc) is 3.21. The molecule has 0 radical (unpaired) electrons. The Morgan fingerprint density at radius 1 is 1.29 bits per heavy atom. The minimum atomic E-state index is -0.566. The zero-order valence-corrected chi connectivity index (χ0v) is 11.7. The first-order chi connectivity index (χ1) is 9.96. The molecule has 1 aliphatic heterocycles. The molecule has 0 atom stereocenters. The van der Waals surface area contributed by atoms with Gasteiger partial charge in [0, 0.05) is 24.3 Å². The van der Waals surface area contributed by atoms with Crippen molar-refractivity contribution in [3.05, 3.63) is 29.8 Å². The molecule has 0 aromatic heterocycles. The number of nitrogens with two attached hydrogens (primary N) is 1. The topological polar surface area (TPSA) is 95.7 Å². The van der Waals surface area contributed by atoms with Crippen molar-refractivity contribution in [2.45, 2.75) is 18.4 Å². The van der Waals surface area contributed by atoms with E-state index in [0.717, 1.165) is 12.8 Å². The molecule has 6 heteroatoms. The normalized spacial score (nSPS) is 20.6. The predicted octanol–water partition coefficient (Wildman–Crippen LogP) is 0.181. The molecule has 1 saturated carbocycles. The lowest BCUT2D eigenvalue weighted by atomic mass is 9.89. The number of carbonyl (C=O) groups excluding carboxylic acids is 2. The van der Waals surface area contributed by atoms with Crippen LogP contribution in [0.3, 0.4) is 0 Å². The Balaban J connectivity index is 1.47. The van der Waals surface area contributed by atoms with Gasteiger partial charge in [-0.05, 0) is 43.0 Å². The molecule has 1 heterocycles. The first kappa shape index (κ1) is 14.0. The second kappa shape index (κ2) is 5.13. The summed E-state index contributed by atoms with van der Waals surface area (Å²) in [6.45, 7) is 1.42. The van der Waals surface area contributed by atoms with Crippen LogP contribution in [0.4, 0.5) is 5.69 Å². The third-order valence-electron chi connectivity index (χ3n) is 4.15. The van der Waals surface area contributed by atoms with Gasteiger partial charge in [0.1, 0.15) is 0 Å². The summed E-state index contributed by atoms with van der Waals surface area (Å²) in [6, 6.07) is 6.45. The molecule has 1 saturated heterocycles. The van der Waals surface area contributed by atoms with Crippen LogP contribution in [0.5, 0.6) is 0 Å². The van der Waals surface area contributed by atoms with Crippen molar-refractivity contribution >= 4 is 17.5 Å². The molecule has 2 aliphatic rings. The molecule has 0 unspecified atom stereocenters. The number of amides is 2. The molecule has 0 bridgehead atoms. The van der Waals surface area contributed by atoms with Crippen molar-refractivity contribution in [1.29, 1.82) is 0 Å². The lowest BCUT2D eigenvalue weighted by molar-refractivity contribution is -0.132. The third kappa shape index (κ3) is 3.06. The van der Waals surface area contributed by atoms with Crippen LogP contribution in [-0.2, 0) is 4.79 Å². The minimum Gasteiger partial charge on any atom is -0.387 e. The summed E-state index contributed by atoms with van der Waals surface area (Å²) in [7, 11) is 0. The number of β-amino-alcohol motifs (C(OH)–C–C–N with tert-alkyl or cyclic N) is 1. The Labute approximate surface area is 122 Å². The number of nitrogens with zero attached hydrogens (tertiary/aromatic N) is 1. The van der Waals surface area contributed by atoms with Crippen molar-refractivity contribution in [1.82, 2.24) is 4.90 Å². The van der Waals surface area contributed by atoms with Crippen LogP contribution in [0.25, 0.3) is 0 Å². The van der Waals surface area contributed by atoms with Crippen molar-refractivity contribution in [3.8, 4) is 0 Å². The van der Waals surface area contributed by atoms with E-state index in [1.807, 2.05) is 4.90 Å². The number of anilines is 1. The fraction of sp³-hybridized carbons (Fsp3) is 0.467. The number of aliphatic hydroxyl groups is 1.